The standard InChI is InChI=1S/C19H12ClF4N3O3/c1-9-6-10(21)2-3-14(9)30-18-12(8-13(20)16(27-18)19(22,23)24)17(29)26-11-4-5-25-15(28)7-11/h2-8H,1H3,(H2,25,26,28,29). The Balaban J connectivity index is 2.07. The number of nitrogens with zero attached hydrogens (tertiary/aromatic N) is 1. The van der Waals surface area contributed by atoms with E-state index in [1.165, 1.54) is 25.3 Å². The molecule has 11 heteroatoms. The Morgan fingerprint density at radius 1 is 1.20 bits per heavy atom. The molecular formula is C19H12ClF4N3O3. The average molecular weight is 442 g/mol. The summed E-state index contributed by atoms with van der Waals surface area (Å²) in [7, 11) is 0. The van der Waals surface area contributed by atoms with Gasteiger partial charge in [-0.05, 0) is 42.8 Å². The normalized spacial score (nSPS) is 11.3. The van der Waals surface area contributed by atoms with Crippen molar-refractivity contribution in [3.8, 4) is 11.6 Å². The molecule has 0 aliphatic carbocycles. The largest absolute Gasteiger partial charge is 0.438 e. The number of aromatic nitrogens is 2. The van der Waals surface area contributed by atoms with Gasteiger partial charge in [0.25, 0.3) is 5.91 Å². The number of ether oxygens (including phenoxy) is 1. The van der Waals surface area contributed by atoms with Gasteiger partial charge in [0.1, 0.15) is 17.1 Å². The average Bonchev–Trinajstić information content (AvgIpc) is 2.64. The summed E-state index contributed by atoms with van der Waals surface area (Å²) in [5.74, 6) is -2.20. The first kappa shape index (κ1) is 21.3. The minimum atomic E-state index is -4.91. The summed E-state index contributed by atoms with van der Waals surface area (Å²) < 4.78 is 58.4. The van der Waals surface area contributed by atoms with Crippen LogP contribution in [0.4, 0.5) is 23.2 Å². The van der Waals surface area contributed by atoms with E-state index in [4.69, 9.17) is 16.3 Å². The quantitative estimate of drug-likeness (QED) is 0.562. The van der Waals surface area contributed by atoms with Crippen LogP contribution in [0, 0.1) is 12.7 Å². The van der Waals surface area contributed by atoms with Crippen LogP contribution in [0.25, 0.3) is 0 Å². The first-order chi connectivity index (χ1) is 14.0. The highest BCUT2D eigenvalue weighted by Gasteiger charge is 2.37. The summed E-state index contributed by atoms with van der Waals surface area (Å²) in [5.41, 5.74) is -2.02. The Bertz CT molecular complexity index is 1180. The molecule has 0 unspecified atom stereocenters. The van der Waals surface area contributed by atoms with Crippen molar-refractivity contribution in [3.63, 3.8) is 0 Å². The Hall–Kier alpha value is -3.40. The smallest absolute Gasteiger partial charge is 0.434 e. The number of carbonyl (C=O) groups excluding carboxylic acids is 1. The lowest BCUT2D eigenvalue weighted by atomic mass is 10.2. The summed E-state index contributed by atoms with van der Waals surface area (Å²) in [4.78, 5) is 29.7. The van der Waals surface area contributed by atoms with Crippen molar-refractivity contribution in [1.29, 1.82) is 0 Å². The molecule has 2 aromatic heterocycles. The fourth-order valence-electron chi connectivity index (χ4n) is 2.46. The Labute approximate surface area is 171 Å². The maximum Gasteiger partial charge on any atom is 0.434 e. The van der Waals surface area contributed by atoms with Gasteiger partial charge in [0.05, 0.1) is 5.02 Å². The second-order valence-electron chi connectivity index (χ2n) is 6.08. The number of benzene rings is 1. The van der Waals surface area contributed by atoms with Crippen molar-refractivity contribution >= 4 is 23.2 Å². The van der Waals surface area contributed by atoms with Crippen LogP contribution in [0.15, 0.2) is 47.4 Å². The number of anilines is 1. The second kappa shape index (κ2) is 8.15. The SMILES string of the molecule is Cc1cc(F)ccc1Oc1nc(C(F)(F)F)c(Cl)cc1C(=O)Nc1cc[nH]c(=O)c1. The first-order valence-corrected chi connectivity index (χ1v) is 8.64. The number of pyridine rings is 2. The number of carbonyl (C=O) groups is 1. The van der Waals surface area contributed by atoms with E-state index in [-0.39, 0.29) is 17.0 Å². The first-order valence-electron chi connectivity index (χ1n) is 8.26. The van der Waals surface area contributed by atoms with E-state index in [1.54, 1.807) is 0 Å². The van der Waals surface area contributed by atoms with Gasteiger partial charge in [-0.1, -0.05) is 11.6 Å². The van der Waals surface area contributed by atoms with E-state index >= 15 is 0 Å². The Morgan fingerprint density at radius 3 is 2.57 bits per heavy atom. The van der Waals surface area contributed by atoms with Gasteiger partial charge in [0.2, 0.25) is 11.4 Å². The van der Waals surface area contributed by atoms with Crippen molar-refractivity contribution in [2.24, 2.45) is 0 Å². The van der Waals surface area contributed by atoms with Crippen LogP contribution in [0.2, 0.25) is 5.02 Å². The molecule has 1 amide bonds. The fraction of sp³-hybridized carbons (Fsp3) is 0.105. The molecule has 0 atom stereocenters. The molecule has 0 aliphatic heterocycles. The van der Waals surface area contributed by atoms with E-state index < -0.39 is 45.6 Å². The topological polar surface area (TPSA) is 84.1 Å². The maximum atomic E-state index is 13.3. The molecule has 3 aromatic rings. The number of H-pyrrole nitrogens is 1. The third kappa shape index (κ3) is 4.77. The summed E-state index contributed by atoms with van der Waals surface area (Å²) >= 11 is 5.69. The van der Waals surface area contributed by atoms with E-state index in [1.807, 2.05) is 0 Å². The maximum absolute atomic E-state index is 13.3. The van der Waals surface area contributed by atoms with Gasteiger partial charge in [0.15, 0.2) is 5.69 Å². The highest BCUT2D eigenvalue weighted by Crippen LogP contribution is 2.37. The Morgan fingerprint density at radius 2 is 1.93 bits per heavy atom. The van der Waals surface area contributed by atoms with Crippen LogP contribution in [0.1, 0.15) is 21.6 Å². The van der Waals surface area contributed by atoms with Gasteiger partial charge in [-0.2, -0.15) is 13.2 Å². The minimum absolute atomic E-state index is 0.00967. The van der Waals surface area contributed by atoms with E-state index in [0.717, 1.165) is 24.3 Å². The van der Waals surface area contributed by atoms with Crippen LogP contribution < -0.4 is 15.6 Å². The molecule has 0 fully saturated rings. The van der Waals surface area contributed by atoms with Gasteiger partial charge in [-0.15, -0.1) is 0 Å². The molecule has 0 bridgehead atoms. The summed E-state index contributed by atoms with van der Waals surface area (Å²) in [6.45, 7) is 1.47. The predicted molar refractivity (Wildman–Crippen MR) is 100 cm³/mol. The van der Waals surface area contributed by atoms with Crippen molar-refractivity contribution in [2.75, 3.05) is 5.32 Å². The summed E-state index contributed by atoms with van der Waals surface area (Å²) in [5, 5.41) is 1.54. The highest BCUT2D eigenvalue weighted by atomic mass is 35.5. The zero-order valence-corrected chi connectivity index (χ0v) is 15.9. The zero-order valence-electron chi connectivity index (χ0n) is 15.1. The van der Waals surface area contributed by atoms with Gasteiger partial charge >= 0.3 is 6.18 Å². The van der Waals surface area contributed by atoms with Crippen molar-refractivity contribution in [3.05, 3.63) is 80.6 Å². The Kier molecular flexibility index (Phi) is 5.79. The van der Waals surface area contributed by atoms with Crippen LogP contribution in [0.5, 0.6) is 11.6 Å². The lowest BCUT2D eigenvalue weighted by molar-refractivity contribution is -0.141. The molecule has 1 aromatic carbocycles. The molecule has 0 aliphatic rings. The summed E-state index contributed by atoms with van der Waals surface area (Å²) in [6, 6.07) is 6.52. The minimum Gasteiger partial charge on any atom is -0.438 e. The van der Waals surface area contributed by atoms with Gasteiger partial charge in [0, 0.05) is 18.0 Å². The van der Waals surface area contributed by atoms with Crippen LogP contribution in [-0.2, 0) is 6.18 Å². The molecule has 0 spiro atoms. The third-order valence-corrected chi connectivity index (χ3v) is 4.12. The third-order valence-electron chi connectivity index (χ3n) is 3.83. The molecule has 156 valence electrons. The molecule has 30 heavy (non-hydrogen) atoms. The van der Waals surface area contributed by atoms with Crippen molar-refractivity contribution in [2.45, 2.75) is 13.1 Å². The number of alkyl halides is 3. The lowest BCUT2D eigenvalue weighted by Crippen LogP contribution is -2.18. The summed E-state index contributed by atoms with van der Waals surface area (Å²) in [6.07, 6.45) is -3.63. The molecule has 0 saturated carbocycles. The number of nitrogens with one attached hydrogen (secondary N) is 2. The predicted octanol–water partition coefficient (Wildman–Crippen LogP) is 4.93. The van der Waals surface area contributed by atoms with Crippen LogP contribution in [0.3, 0.4) is 0 Å². The number of aromatic amines is 1. The van der Waals surface area contributed by atoms with Crippen LogP contribution in [-0.4, -0.2) is 15.9 Å². The molecular weight excluding hydrogens is 430 g/mol. The number of rotatable bonds is 4. The molecule has 3 rings (SSSR count). The van der Waals surface area contributed by atoms with E-state index in [0.29, 0.717) is 0 Å². The number of hydrogen-bond acceptors (Lipinski definition) is 4. The number of aryl methyl sites for hydroxylation is 1. The van der Waals surface area contributed by atoms with Gasteiger partial charge in [-0.3, -0.25) is 9.59 Å². The van der Waals surface area contributed by atoms with Crippen LogP contribution >= 0.6 is 11.6 Å². The van der Waals surface area contributed by atoms with Gasteiger partial charge < -0.3 is 15.0 Å². The molecule has 6 nitrogen and oxygen atoms in total. The highest BCUT2D eigenvalue weighted by molar-refractivity contribution is 6.31. The van der Waals surface area contributed by atoms with Crippen molar-refractivity contribution < 1.29 is 27.1 Å². The van der Waals surface area contributed by atoms with E-state index in [2.05, 4.69) is 15.3 Å². The molecule has 2 N–H and O–H groups in total. The lowest BCUT2D eigenvalue weighted by Gasteiger charge is -2.15. The number of hydrogen-bond donors (Lipinski definition) is 2. The molecule has 2 heterocycles. The van der Waals surface area contributed by atoms with E-state index in [9.17, 15) is 27.2 Å². The molecule has 0 saturated heterocycles. The van der Waals surface area contributed by atoms with Crippen molar-refractivity contribution in [1.82, 2.24) is 9.97 Å². The molecule has 0 radical (unpaired) electrons. The number of amides is 1. The number of halogens is 5. The fourth-order valence-corrected chi connectivity index (χ4v) is 2.72. The van der Waals surface area contributed by atoms with Gasteiger partial charge in [-0.25, -0.2) is 9.37 Å². The second-order valence-corrected chi connectivity index (χ2v) is 6.48. The monoisotopic (exact) mass is 441 g/mol. The zero-order chi connectivity index (χ0) is 22.1.